The standard InChI is InChI=1S/C17H25N3O4/c1-3-18-17(19-9-5-4-6-16(21)22-2)20-11-13-7-8-14-15(10-13)24-12-23-14/h7-8,10H,3-6,9,11-12H2,1-2H3,(H2,18,19,20). The number of carbonyl (C=O) groups is 1. The third-order valence-corrected chi connectivity index (χ3v) is 3.53. The maximum atomic E-state index is 11.1. The Morgan fingerprint density at radius 3 is 2.88 bits per heavy atom. The first kappa shape index (κ1) is 17.9. The van der Waals surface area contributed by atoms with Gasteiger partial charge in [-0.25, -0.2) is 4.99 Å². The number of methoxy groups -OCH3 is 1. The van der Waals surface area contributed by atoms with Gasteiger partial charge in [-0.1, -0.05) is 6.07 Å². The largest absolute Gasteiger partial charge is 0.469 e. The van der Waals surface area contributed by atoms with Crippen molar-refractivity contribution in [3.8, 4) is 11.5 Å². The number of rotatable bonds is 8. The van der Waals surface area contributed by atoms with Crippen molar-refractivity contribution in [1.29, 1.82) is 0 Å². The number of esters is 1. The van der Waals surface area contributed by atoms with E-state index in [-0.39, 0.29) is 12.8 Å². The fourth-order valence-electron chi connectivity index (χ4n) is 2.25. The molecule has 0 atom stereocenters. The van der Waals surface area contributed by atoms with Gasteiger partial charge >= 0.3 is 5.97 Å². The van der Waals surface area contributed by atoms with E-state index in [1.54, 1.807) is 0 Å². The number of unbranched alkanes of at least 4 members (excludes halogenated alkanes) is 1. The Balaban J connectivity index is 1.78. The molecule has 0 aromatic heterocycles. The predicted octanol–water partition coefficient (Wildman–Crippen LogP) is 1.81. The molecule has 0 spiro atoms. The van der Waals surface area contributed by atoms with Crippen LogP contribution in [-0.4, -0.2) is 38.9 Å². The fraction of sp³-hybridized carbons (Fsp3) is 0.529. The second kappa shape index (κ2) is 9.64. The quantitative estimate of drug-likeness (QED) is 0.326. The van der Waals surface area contributed by atoms with Crippen LogP contribution in [0.5, 0.6) is 11.5 Å². The summed E-state index contributed by atoms with van der Waals surface area (Å²) in [5.41, 5.74) is 1.06. The highest BCUT2D eigenvalue weighted by molar-refractivity contribution is 5.79. The van der Waals surface area contributed by atoms with Crippen molar-refractivity contribution in [2.75, 3.05) is 27.0 Å². The molecule has 0 saturated heterocycles. The van der Waals surface area contributed by atoms with E-state index in [1.807, 2.05) is 25.1 Å². The van der Waals surface area contributed by atoms with Crippen molar-refractivity contribution in [2.24, 2.45) is 4.99 Å². The normalized spacial score (nSPS) is 12.8. The van der Waals surface area contributed by atoms with Gasteiger partial charge in [-0.2, -0.15) is 0 Å². The summed E-state index contributed by atoms with van der Waals surface area (Å²) in [5.74, 6) is 2.13. The molecular weight excluding hydrogens is 310 g/mol. The van der Waals surface area contributed by atoms with Gasteiger partial charge < -0.3 is 24.8 Å². The minimum atomic E-state index is -0.168. The number of fused-ring (bicyclic) bond motifs is 1. The van der Waals surface area contributed by atoms with E-state index >= 15 is 0 Å². The Kier molecular flexibility index (Phi) is 7.20. The smallest absolute Gasteiger partial charge is 0.305 e. The summed E-state index contributed by atoms with van der Waals surface area (Å²) < 4.78 is 15.3. The van der Waals surface area contributed by atoms with Gasteiger partial charge in [0.1, 0.15) is 0 Å². The van der Waals surface area contributed by atoms with Gasteiger partial charge in [0.05, 0.1) is 13.7 Å². The highest BCUT2D eigenvalue weighted by Crippen LogP contribution is 2.32. The van der Waals surface area contributed by atoms with Crippen LogP contribution in [0.3, 0.4) is 0 Å². The highest BCUT2D eigenvalue weighted by Gasteiger charge is 2.12. The van der Waals surface area contributed by atoms with Crippen LogP contribution in [0.4, 0.5) is 0 Å². The molecule has 0 radical (unpaired) electrons. The molecule has 0 fully saturated rings. The summed E-state index contributed by atoms with van der Waals surface area (Å²) >= 11 is 0. The van der Waals surface area contributed by atoms with Crippen molar-refractivity contribution in [3.63, 3.8) is 0 Å². The number of guanidine groups is 1. The van der Waals surface area contributed by atoms with Gasteiger partial charge in [-0.3, -0.25) is 4.79 Å². The lowest BCUT2D eigenvalue weighted by atomic mass is 10.2. The van der Waals surface area contributed by atoms with E-state index in [1.165, 1.54) is 7.11 Å². The second-order valence-electron chi connectivity index (χ2n) is 5.34. The van der Waals surface area contributed by atoms with Crippen LogP contribution < -0.4 is 20.1 Å². The van der Waals surface area contributed by atoms with Crippen LogP contribution in [0.15, 0.2) is 23.2 Å². The first-order valence-corrected chi connectivity index (χ1v) is 8.20. The molecule has 1 aromatic rings. The van der Waals surface area contributed by atoms with Gasteiger partial charge in [0.2, 0.25) is 6.79 Å². The molecule has 1 aliphatic heterocycles. The van der Waals surface area contributed by atoms with Gasteiger partial charge in [-0.15, -0.1) is 0 Å². The SMILES string of the molecule is CCNC(=NCc1ccc2c(c1)OCO2)NCCCCC(=O)OC. The molecule has 0 aliphatic carbocycles. The second-order valence-corrected chi connectivity index (χ2v) is 5.34. The Labute approximate surface area is 142 Å². The van der Waals surface area contributed by atoms with E-state index in [0.29, 0.717) is 13.0 Å². The summed E-state index contributed by atoms with van der Waals surface area (Å²) in [6.07, 6.45) is 2.12. The van der Waals surface area contributed by atoms with Gasteiger partial charge in [0.15, 0.2) is 17.5 Å². The molecule has 0 bridgehead atoms. The zero-order valence-electron chi connectivity index (χ0n) is 14.3. The maximum absolute atomic E-state index is 11.1. The average molecular weight is 335 g/mol. The molecule has 1 aliphatic rings. The van der Waals surface area contributed by atoms with Crippen molar-refractivity contribution < 1.29 is 19.0 Å². The molecule has 0 saturated carbocycles. The molecule has 24 heavy (non-hydrogen) atoms. The minimum Gasteiger partial charge on any atom is -0.469 e. The summed E-state index contributed by atoms with van der Waals surface area (Å²) in [6.45, 7) is 4.39. The number of ether oxygens (including phenoxy) is 3. The van der Waals surface area contributed by atoms with E-state index in [4.69, 9.17) is 9.47 Å². The van der Waals surface area contributed by atoms with Crippen molar-refractivity contribution in [2.45, 2.75) is 32.7 Å². The zero-order chi connectivity index (χ0) is 17.2. The molecule has 1 aromatic carbocycles. The molecule has 0 amide bonds. The van der Waals surface area contributed by atoms with E-state index in [9.17, 15) is 4.79 Å². The van der Waals surface area contributed by atoms with Crippen LogP contribution in [-0.2, 0) is 16.1 Å². The van der Waals surface area contributed by atoms with E-state index in [0.717, 1.165) is 49.0 Å². The molecule has 1 heterocycles. The monoisotopic (exact) mass is 335 g/mol. The number of hydrogen-bond donors (Lipinski definition) is 2. The van der Waals surface area contributed by atoms with E-state index < -0.39 is 0 Å². The fourth-order valence-corrected chi connectivity index (χ4v) is 2.25. The first-order chi connectivity index (χ1) is 11.7. The molecular formula is C17H25N3O4. The van der Waals surface area contributed by atoms with Crippen LogP contribution in [0, 0.1) is 0 Å². The number of aliphatic imine (C=N–C) groups is 1. The van der Waals surface area contributed by atoms with Crippen LogP contribution in [0.2, 0.25) is 0 Å². The van der Waals surface area contributed by atoms with Crippen LogP contribution >= 0.6 is 0 Å². The Morgan fingerprint density at radius 1 is 1.25 bits per heavy atom. The molecule has 132 valence electrons. The molecule has 7 nitrogen and oxygen atoms in total. The number of nitrogens with one attached hydrogen (secondary N) is 2. The average Bonchev–Trinajstić information content (AvgIpc) is 3.06. The summed E-state index contributed by atoms with van der Waals surface area (Å²) in [6, 6.07) is 5.84. The molecule has 2 rings (SSSR count). The number of nitrogens with zero attached hydrogens (tertiary/aromatic N) is 1. The Morgan fingerprint density at radius 2 is 2.08 bits per heavy atom. The summed E-state index contributed by atoms with van der Waals surface area (Å²) in [4.78, 5) is 15.6. The maximum Gasteiger partial charge on any atom is 0.305 e. The van der Waals surface area contributed by atoms with Gasteiger partial charge in [0, 0.05) is 19.5 Å². The molecule has 0 unspecified atom stereocenters. The predicted molar refractivity (Wildman–Crippen MR) is 91.3 cm³/mol. The number of carbonyl (C=O) groups excluding carboxylic acids is 1. The number of benzene rings is 1. The van der Waals surface area contributed by atoms with E-state index in [2.05, 4.69) is 20.4 Å². The highest BCUT2D eigenvalue weighted by atomic mass is 16.7. The van der Waals surface area contributed by atoms with Crippen LogP contribution in [0.1, 0.15) is 31.7 Å². The van der Waals surface area contributed by atoms with Crippen molar-refractivity contribution in [1.82, 2.24) is 10.6 Å². The topological polar surface area (TPSA) is 81.2 Å². The lowest BCUT2D eigenvalue weighted by Crippen LogP contribution is -2.37. The number of hydrogen-bond acceptors (Lipinski definition) is 5. The zero-order valence-corrected chi connectivity index (χ0v) is 14.3. The van der Waals surface area contributed by atoms with Gasteiger partial charge in [-0.05, 0) is 37.5 Å². The van der Waals surface area contributed by atoms with Crippen molar-refractivity contribution in [3.05, 3.63) is 23.8 Å². The summed E-state index contributed by atoms with van der Waals surface area (Å²) in [5, 5.41) is 6.47. The minimum absolute atomic E-state index is 0.168. The first-order valence-electron chi connectivity index (χ1n) is 8.20. The lowest BCUT2D eigenvalue weighted by Gasteiger charge is -2.11. The Bertz CT molecular complexity index is 575. The third kappa shape index (κ3) is 5.64. The lowest BCUT2D eigenvalue weighted by molar-refractivity contribution is -0.140. The summed E-state index contributed by atoms with van der Waals surface area (Å²) in [7, 11) is 1.41. The van der Waals surface area contributed by atoms with Crippen LogP contribution in [0.25, 0.3) is 0 Å². The van der Waals surface area contributed by atoms with Crippen molar-refractivity contribution >= 4 is 11.9 Å². The third-order valence-electron chi connectivity index (χ3n) is 3.53. The Hall–Kier alpha value is -2.44. The molecule has 7 heteroatoms. The van der Waals surface area contributed by atoms with Gasteiger partial charge in [0.25, 0.3) is 0 Å². The molecule has 2 N–H and O–H groups in total.